The molecule has 0 aliphatic rings. The number of aryl methyl sites for hydroxylation is 2. The first-order chi connectivity index (χ1) is 6.96. The Morgan fingerprint density at radius 2 is 2.07 bits per heavy atom. The molecule has 0 bridgehead atoms. The highest BCUT2D eigenvalue weighted by Crippen LogP contribution is 2.15. The summed E-state index contributed by atoms with van der Waals surface area (Å²) in [5.41, 5.74) is 0.906. The zero-order chi connectivity index (χ0) is 11.5. The Hall–Kier alpha value is -0.830. The predicted molar refractivity (Wildman–Crippen MR) is 64.6 cm³/mol. The average molecular weight is 228 g/mol. The van der Waals surface area contributed by atoms with Crippen molar-refractivity contribution >= 4 is 17.4 Å². The Bertz CT molecular complexity index is 337. The summed E-state index contributed by atoms with van der Waals surface area (Å²) in [5.74, 6) is 2.18. The van der Waals surface area contributed by atoms with Crippen LogP contribution in [0.25, 0.3) is 0 Å². The van der Waals surface area contributed by atoms with Gasteiger partial charge < -0.3 is 5.32 Å². The maximum atomic E-state index is 5.85. The molecule has 0 atom stereocenters. The van der Waals surface area contributed by atoms with Crippen LogP contribution in [0.4, 0.5) is 5.82 Å². The number of halogens is 1. The van der Waals surface area contributed by atoms with Crippen molar-refractivity contribution in [2.24, 2.45) is 0 Å². The Balaban J connectivity index is 2.90. The Labute approximate surface area is 96.3 Å². The molecule has 1 heterocycles. The first kappa shape index (κ1) is 12.2. The second kappa shape index (κ2) is 4.79. The summed E-state index contributed by atoms with van der Waals surface area (Å²) in [4.78, 5) is 8.66. The van der Waals surface area contributed by atoms with E-state index >= 15 is 0 Å². The molecule has 1 N–H and O–H groups in total. The molecule has 0 aliphatic heterocycles. The van der Waals surface area contributed by atoms with E-state index in [2.05, 4.69) is 22.2 Å². The van der Waals surface area contributed by atoms with Crippen molar-refractivity contribution in [3.63, 3.8) is 0 Å². The van der Waals surface area contributed by atoms with Gasteiger partial charge in [0.2, 0.25) is 0 Å². The predicted octanol–water partition coefficient (Wildman–Crippen LogP) is 2.78. The van der Waals surface area contributed by atoms with Crippen LogP contribution in [-0.4, -0.2) is 21.4 Å². The largest absolute Gasteiger partial charge is 0.364 e. The van der Waals surface area contributed by atoms with Gasteiger partial charge in [-0.05, 0) is 27.2 Å². The molecule has 0 unspecified atom stereocenters. The number of alkyl halides is 1. The van der Waals surface area contributed by atoms with Crippen molar-refractivity contribution in [3.05, 3.63) is 17.6 Å². The highest BCUT2D eigenvalue weighted by atomic mass is 35.5. The van der Waals surface area contributed by atoms with Crippen LogP contribution < -0.4 is 5.32 Å². The van der Waals surface area contributed by atoms with Crippen LogP contribution in [0.1, 0.15) is 32.3 Å². The minimum absolute atomic E-state index is 0.145. The molecule has 0 radical (unpaired) electrons. The van der Waals surface area contributed by atoms with Crippen molar-refractivity contribution in [3.8, 4) is 0 Å². The van der Waals surface area contributed by atoms with Gasteiger partial charge in [0.15, 0.2) is 0 Å². The molecular weight excluding hydrogens is 210 g/mol. The van der Waals surface area contributed by atoms with E-state index < -0.39 is 0 Å². The van der Waals surface area contributed by atoms with Gasteiger partial charge in [-0.25, -0.2) is 9.97 Å². The van der Waals surface area contributed by atoms with E-state index in [0.29, 0.717) is 5.88 Å². The molecule has 1 aromatic rings. The molecule has 0 aromatic carbocycles. The first-order valence-electron chi connectivity index (χ1n) is 5.15. The average Bonchev–Trinajstić information content (AvgIpc) is 2.16. The van der Waals surface area contributed by atoms with Crippen LogP contribution in [0, 0.1) is 6.92 Å². The lowest BCUT2D eigenvalue weighted by molar-refractivity contribution is 0.636. The lowest BCUT2D eigenvalue weighted by atomic mass is 10.1. The van der Waals surface area contributed by atoms with Crippen LogP contribution >= 0.6 is 11.6 Å². The van der Waals surface area contributed by atoms with Crippen LogP contribution in [0.5, 0.6) is 0 Å². The summed E-state index contributed by atoms with van der Waals surface area (Å²) in [6, 6.07) is 1.97. The van der Waals surface area contributed by atoms with Crippen molar-refractivity contribution < 1.29 is 0 Å². The van der Waals surface area contributed by atoms with E-state index in [1.165, 1.54) is 0 Å². The van der Waals surface area contributed by atoms with Gasteiger partial charge in [-0.15, -0.1) is 11.6 Å². The monoisotopic (exact) mass is 227 g/mol. The van der Waals surface area contributed by atoms with E-state index in [1.54, 1.807) is 0 Å². The third-order valence-electron chi connectivity index (χ3n) is 2.05. The summed E-state index contributed by atoms with van der Waals surface area (Å²) in [6.07, 6.45) is 0.916. The van der Waals surface area contributed by atoms with Gasteiger partial charge in [-0.1, -0.05) is 6.92 Å². The Morgan fingerprint density at radius 1 is 1.40 bits per heavy atom. The molecule has 1 aromatic heterocycles. The molecule has 0 fully saturated rings. The fourth-order valence-electron chi connectivity index (χ4n) is 1.25. The molecule has 0 spiro atoms. The smallest absolute Gasteiger partial charge is 0.130 e. The normalized spacial score (nSPS) is 11.5. The van der Waals surface area contributed by atoms with Gasteiger partial charge in [-0.2, -0.15) is 0 Å². The topological polar surface area (TPSA) is 37.8 Å². The number of hydrogen-bond acceptors (Lipinski definition) is 3. The minimum Gasteiger partial charge on any atom is -0.364 e. The van der Waals surface area contributed by atoms with Gasteiger partial charge in [-0.3, -0.25) is 0 Å². The number of rotatable bonds is 4. The van der Waals surface area contributed by atoms with Crippen molar-refractivity contribution in [1.82, 2.24) is 9.97 Å². The van der Waals surface area contributed by atoms with Crippen LogP contribution in [0.15, 0.2) is 6.07 Å². The number of nitrogens with zero attached hydrogens (tertiary/aromatic N) is 2. The lowest BCUT2D eigenvalue weighted by Gasteiger charge is -2.24. The van der Waals surface area contributed by atoms with E-state index in [4.69, 9.17) is 11.6 Å². The SMILES string of the molecule is CCc1cc(NC(C)(C)CCl)nc(C)n1. The maximum Gasteiger partial charge on any atom is 0.130 e. The third kappa shape index (κ3) is 3.67. The standard InChI is InChI=1S/C11H18ClN3/c1-5-9-6-10(14-8(2)13-9)15-11(3,4)7-12/h6H,5,7H2,1-4H3,(H,13,14,15). The summed E-state index contributed by atoms with van der Waals surface area (Å²) in [6.45, 7) is 8.07. The summed E-state index contributed by atoms with van der Waals surface area (Å²) >= 11 is 5.85. The molecule has 0 saturated carbocycles. The first-order valence-corrected chi connectivity index (χ1v) is 5.69. The number of hydrogen-bond donors (Lipinski definition) is 1. The van der Waals surface area contributed by atoms with Crippen molar-refractivity contribution in [1.29, 1.82) is 0 Å². The molecule has 0 saturated heterocycles. The fraction of sp³-hybridized carbons (Fsp3) is 0.636. The van der Waals surface area contributed by atoms with Gasteiger partial charge in [0.25, 0.3) is 0 Å². The zero-order valence-electron chi connectivity index (χ0n) is 9.76. The number of anilines is 1. The Kier molecular flexibility index (Phi) is 3.91. The molecule has 0 aliphatic carbocycles. The van der Waals surface area contributed by atoms with Gasteiger partial charge in [0.05, 0.1) is 0 Å². The second-order valence-corrected chi connectivity index (χ2v) is 4.56. The van der Waals surface area contributed by atoms with Crippen LogP contribution in [-0.2, 0) is 6.42 Å². The molecule has 3 nitrogen and oxygen atoms in total. The molecule has 4 heteroatoms. The van der Waals surface area contributed by atoms with E-state index in [-0.39, 0.29) is 5.54 Å². The second-order valence-electron chi connectivity index (χ2n) is 4.29. The zero-order valence-corrected chi connectivity index (χ0v) is 10.5. The van der Waals surface area contributed by atoms with Gasteiger partial charge in [0.1, 0.15) is 11.6 Å². The van der Waals surface area contributed by atoms with Crippen molar-refractivity contribution in [2.45, 2.75) is 39.7 Å². The quantitative estimate of drug-likeness (QED) is 0.804. The maximum absolute atomic E-state index is 5.85. The minimum atomic E-state index is -0.145. The molecule has 15 heavy (non-hydrogen) atoms. The van der Waals surface area contributed by atoms with Crippen LogP contribution in [0.3, 0.4) is 0 Å². The van der Waals surface area contributed by atoms with E-state index in [1.807, 2.05) is 26.8 Å². The lowest BCUT2D eigenvalue weighted by Crippen LogP contribution is -2.33. The summed E-state index contributed by atoms with van der Waals surface area (Å²) < 4.78 is 0. The van der Waals surface area contributed by atoms with Gasteiger partial charge >= 0.3 is 0 Å². The van der Waals surface area contributed by atoms with Crippen LogP contribution in [0.2, 0.25) is 0 Å². The Morgan fingerprint density at radius 3 is 2.60 bits per heavy atom. The number of nitrogens with one attached hydrogen (secondary N) is 1. The highest BCUT2D eigenvalue weighted by Gasteiger charge is 2.16. The summed E-state index contributed by atoms with van der Waals surface area (Å²) in [5, 5.41) is 3.30. The third-order valence-corrected chi connectivity index (χ3v) is 2.72. The fourth-order valence-corrected chi connectivity index (χ4v) is 1.32. The molecule has 84 valence electrons. The van der Waals surface area contributed by atoms with E-state index in [9.17, 15) is 0 Å². The van der Waals surface area contributed by atoms with Crippen molar-refractivity contribution in [2.75, 3.05) is 11.2 Å². The highest BCUT2D eigenvalue weighted by molar-refractivity contribution is 6.18. The molecule has 1 rings (SSSR count). The summed E-state index contributed by atoms with van der Waals surface area (Å²) in [7, 11) is 0. The molecule has 0 amide bonds. The molecular formula is C11H18ClN3. The van der Waals surface area contributed by atoms with E-state index in [0.717, 1.165) is 23.8 Å². The number of aromatic nitrogens is 2. The van der Waals surface area contributed by atoms with Gasteiger partial charge in [0, 0.05) is 23.2 Å².